The minimum Gasteiger partial charge on any atom is -0.399 e. The molecule has 17 heavy (non-hydrogen) atoms. The molecule has 0 amide bonds. The Morgan fingerprint density at radius 3 is 1.71 bits per heavy atom. The topological polar surface area (TPSA) is 88.4 Å². The second-order valence-electron chi connectivity index (χ2n) is 3.70. The van der Waals surface area contributed by atoms with Crippen molar-refractivity contribution in [2.75, 3.05) is 11.5 Å². The molecule has 4 heteroatoms. The molecule has 4 N–H and O–H groups in total. The first-order valence-electron chi connectivity index (χ1n) is 5.14. The van der Waals surface area contributed by atoms with Crippen molar-refractivity contribution in [2.24, 2.45) is 0 Å². The van der Waals surface area contributed by atoms with Crippen molar-refractivity contribution in [2.45, 2.75) is 0 Å². The van der Waals surface area contributed by atoms with Gasteiger partial charge in [0.2, 0.25) is 0 Å². The molecule has 4 nitrogen and oxygen atoms in total. The van der Waals surface area contributed by atoms with Gasteiger partial charge in [-0.3, -0.25) is 0 Å². The minimum atomic E-state index is 0.449. The molecule has 0 fully saturated rings. The molecule has 0 aliphatic carbocycles. The largest absolute Gasteiger partial charge is 0.399 e. The van der Waals surface area contributed by atoms with E-state index in [-0.39, 0.29) is 0 Å². The van der Waals surface area contributed by atoms with E-state index in [0.29, 0.717) is 17.1 Å². The molecular weight excluding hydrogens is 212 g/mol. The van der Waals surface area contributed by atoms with Gasteiger partial charge in [-0.2, -0.15) is 4.79 Å². The molecule has 0 atom stereocenters. The van der Waals surface area contributed by atoms with Gasteiger partial charge >= 0.3 is 5.71 Å². The Kier molecular flexibility index (Phi) is 2.90. The predicted octanol–water partition coefficient (Wildman–Crippen LogP) is 1.92. The molecule has 0 saturated heterocycles. The summed E-state index contributed by atoms with van der Waals surface area (Å²) in [5, 5.41) is 0. The van der Waals surface area contributed by atoms with Crippen molar-refractivity contribution in [1.82, 2.24) is 0 Å². The van der Waals surface area contributed by atoms with E-state index in [1.165, 1.54) is 0 Å². The van der Waals surface area contributed by atoms with E-state index in [1.807, 2.05) is 24.3 Å². The summed E-state index contributed by atoms with van der Waals surface area (Å²) in [5.41, 5.74) is 23.7. The fraction of sp³-hybridized carbons (Fsp3) is 0. The third-order valence-electron chi connectivity index (χ3n) is 2.42. The quantitative estimate of drug-likeness (QED) is 0.353. The summed E-state index contributed by atoms with van der Waals surface area (Å²) in [6, 6.07) is 14.3. The molecule has 0 bridgehead atoms. The number of anilines is 2. The van der Waals surface area contributed by atoms with Crippen LogP contribution in [0.15, 0.2) is 48.5 Å². The van der Waals surface area contributed by atoms with Crippen molar-refractivity contribution in [3.63, 3.8) is 0 Å². The average Bonchev–Trinajstić information content (AvgIpc) is 2.30. The molecule has 0 saturated carbocycles. The van der Waals surface area contributed by atoms with Gasteiger partial charge < -0.3 is 17.0 Å². The second-order valence-corrected chi connectivity index (χ2v) is 3.70. The summed E-state index contributed by atoms with van der Waals surface area (Å²) in [7, 11) is 0. The Hall–Kier alpha value is -2.58. The van der Waals surface area contributed by atoms with Crippen LogP contribution in [0.4, 0.5) is 11.4 Å². The summed E-state index contributed by atoms with van der Waals surface area (Å²) >= 11 is 0. The fourth-order valence-corrected chi connectivity index (χ4v) is 1.65. The van der Waals surface area contributed by atoms with Gasteiger partial charge in [-0.25, -0.2) is 0 Å². The van der Waals surface area contributed by atoms with Gasteiger partial charge in [0.15, 0.2) is 0 Å². The molecule has 2 aromatic rings. The van der Waals surface area contributed by atoms with Gasteiger partial charge in [0.25, 0.3) is 0 Å². The first-order chi connectivity index (χ1) is 8.20. The van der Waals surface area contributed by atoms with Crippen LogP contribution in [0.3, 0.4) is 0 Å². The van der Waals surface area contributed by atoms with E-state index in [4.69, 9.17) is 17.0 Å². The molecule has 0 radical (unpaired) electrons. The van der Waals surface area contributed by atoms with Crippen molar-refractivity contribution in [3.8, 4) is 0 Å². The van der Waals surface area contributed by atoms with Gasteiger partial charge in [0.05, 0.1) is 11.1 Å². The first-order valence-corrected chi connectivity index (χ1v) is 5.14. The highest BCUT2D eigenvalue weighted by atomic mass is 14.9. The molecular formula is C13H12N4. The number of rotatable bonds is 2. The minimum absolute atomic E-state index is 0.449. The lowest BCUT2D eigenvalue weighted by Crippen LogP contribution is -2.05. The fourth-order valence-electron chi connectivity index (χ4n) is 1.65. The summed E-state index contributed by atoms with van der Waals surface area (Å²) in [5.74, 6) is 0. The SMILES string of the molecule is [N-]=[N+]=C(c1cccc(N)c1)c1cccc(N)c1. The summed E-state index contributed by atoms with van der Waals surface area (Å²) in [4.78, 5) is 3.32. The Morgan fingerprint density at radius 2 is 1.35 bits per heavy atom. The maximum Gasteiger partial charge on any atom is 0.329 e. The van der Waals surface area contributed by atoms with Crippen LogP contribution in [0.25, 0.3) is 5.53 Å². The zero-order valence-corrected chi connectivity index (χ0v) is 9.17. The Balaban J connectivity index is 2.52. The normalized spacial score (nSPS) is 9.65. The average molecular weight is 224 g/mol. The third kappa shape index (κ3) is 2.33. The molecule has 2 rings (SSSR count). The highest BCUT2D eigenvalue weighted by Gasteiger charge is 2.15. The number of hydrogen-bond acceptors (Lipinski definition) is 2. The van der Waals surface area contributed by atoms with Crippen molar-refractivity contribution < 1.29 is 4.79 Å². The Labute approximate surface area is 99.1 Å². The lowest BCUT2D eigenvalue weighted by Gasteiger charge is -2.00. The molecule has 0 aromatic heterocycles. The summed E-state index contributed by atoms with van der Waals surface area (Å²) < 4.78 is 0. The molecule has 84 valence electrons. The maximum atomic E-state index is 9.12. The highest BCUT2D eigenvalue weighted by molar-refractivity contribution is 6.10. The molecule has 2 aromatic carbocycles. The van der Waals surface area contributed by atoms with E-state index < -0.39 is 0 Å². The molecule has 0 unspecified atom stereocenters. The van der Waals surface area contributed by atoms with Crippen LogP contribution in [0.2, 0.25) is 0 Å². The maximum absolute atomic E-state index is 9.12. The molecule has 0 spiro atoms. The molecule has 0 aliphatic heterocycles. The number of nitrogen functional groups attached to an aromatic ring is 2. The zero-order valence-electron chi connectivity index (χ0n) is 9.17. The van der Waals surface area contributed by atoms with Crippen LogP contribution in [0.5, 0.6) is 0 Å². The first kappa shape index (κ1) is 10.9. The van der Waals surface area contributed by atoms with Gasteiger partial charge in [0, 0.05) is 11.4 Å². The Morgan fingerprint density at radius 1 is 0.882 bits per heavy atom. The van der Waals surface area contributed by atoms with Crippen LogP contribution >= 0.6 is 0 Å². The van der Waals surface area contributed by atoms with Gasteiger partial charge in [0.1, 0.15) is 0 Å². The summed E-state index contributed by atoms with van der Waals surface area (Å²) in [6.45, 7) is 0. The molecule has 0 aliphatic rings. The van der Waals surface area contributed by atoms with Crippen molar-refractivity contribution >= 4 is 17.1 Å². The van der Waals surface area contributed by atoms with Crippen LogP contribution in [0.1, 0.15) is 11.1 Å². The van der Waals surface area contributed by atoms with Crippen LogP contribution in [0, 0.1) is 0 Å². The van der Waals surface area contributed by atoms with E-state index in [0.717, 1.165) is 11.1 Å². The smallest absolute Gasteiger partial charge is 0.329 e. The highest BCUT2D eigenvalue weighted by Crippen LogP contribution is 2.14. The zero-order chi connectivity index (χ0) is 12.3. The number of nitrogens with two attached hydrogens (primary N) is 2. The van der Waals surface area contributed by atoms with Crippen LogP contribution < -0.4 is 11.5 Å². The van der Waals surface area contributed by atoms with Crippen LogP contribution in [-0.4, -0.2) is 10.5 Å². The van der Waals surface area contributed by atoms with Gasteiger partial charge in [-0.05, 0) is 36.4 Å². The van der Waals surface area contributed by atoms with Gasteiger partial charge in [-0.1, -0.05) is 12.1 Å². The van der Waals surface area contributed by atoms with Crippen molar-refractivity contribution in [3.05, 3.63) is 65.2 Å². The predicted molar refractivity (Wildman–Crippen MR) is 68.5 cm³/mol. The number of hydrogen-bond donors (Lipinski definition) is 2. The summed E-state index contributed by atoms with van der Waals surface area (Å²) in [6.07, 6.45) is 0. The standard InChI is InChI=1S/C13H12N4/c14-11-5-1-3-9(7-11)13(17-16)10-4-2-6-12(15)8-10/h1-8H,14-15H2. The molecule has 0 heterocycles. The Bertz CT molecular complexity index is 550. The number of nitrogens with zero attached hydrogens (tertiary/aromatic N) is 2. The monoisotopic (exact) mass is 224 g/mol. The van der Waals surface area contributed by atoms with E-state index in [2.05, 4.69) is 4.79 Å². The van der Waals surface area contributed by atoms with E-state index in [9.17, 15) is 0 Å². The third-order valence-corrected chi connectivity index (χ3v) is 2.42. The van der Waals surface area contributed by atoms with E-state index in [1.54, 1.807) is 24.3 Å². The van der Waals surface area contributed by atoms with Gasteiger partial charge in [-0.15, -0.1) is 0 Å². The second kappa shape index (κ2) is 4.51. The lowest BCUT2D eigenvalue weighted by molar-refractivity contribution is -0.00278. The lowest BCUT2D eigenvalue weighted by atomic mass is 10.0. The number of benzene rings is 2. The van der Waals surface area contributed by atoms with Crippen molar-refractivity contribution in [1.29, 1.82) is 0 Å². The van der Waals surface area contributed by atoms with Crippen LogP contribution in [-0.2, 0) is 0 Å². The van der Waals surface area contributed by atoms with E-state index >= 15 is 0 Å².